The largest absolute Gasteiger partial charge is 0.491 e. The molecule has 0 spiro atoms. The van der Waals surface area contributed by atoms with Gasteiger partial charge in [0.15, 0.2) is 0 Å². The third kappa shape index (κ3) is 5.65. The SMILES string of the molecule is CCC(C(=O)NCCOc1cccc2ccccc12)N(c1cc(Cl)ccc1Cl)S(C)(=O)=O. The predicted molar refractivity (Wildman–Crippen MR) is 130 cm³/mol. The van der Waals surface area contributed by atoms with Crippen molar-refractivity contribution in [1.29, 1.82) is 0 Å². The van der Waals surface area contributed by atoms with Crippen molar-refractivity contribution in [3.05, 3.63) is 70.7 Å². The minimum absolute atomic E-state index is 0.163. The highest BCUT2D eigenvalue weighted by Gasteiger charge is 2.32. The van der Waals surface area contributed by atoms with Gasteiger partial charge >= 0.3 is 0 Å². The molecule has 3 aromatic rings. The van der Waals surface area contributed by atoms with Gasteiger partial charge in [0.1, 0.15) is 18.4 Å². The van der Waals surface area contributed by atoms with Crippen molar-refractivity contribution < 1.29 is 17.9 Å². The highest BCUT2D eigenvalue weighted by Crippen LogP contribution is 2.33. The molecule has 170 valence electrons. The fourth-order valence-electron chi connectivity index (χ4n) is 3.46. The summed E-state index contributed by atoms with van der Waals surface area (Å²) in [4.78, 5) is 12.9. The molecule has 3 rings (SSSR count). The van der Waals surface area contributed by atoms with E-state index in [1.165, 1.54) is 12.1 Å². The number of carbonyl (C=O) groups excluding carboxylic acids is 1. The van der Waals surface area contributed by atoms with E-state index in [-0.39, 0.29) is 30.3 Å². The fraction of sp³-hybridized carbons (Fsp3) is 0.261. The molecule has 0 bridgehead atoms. The lowest BCUT2D eigenvalue weighted by molar-refractivity contribution is -0.122. The van der Waals surface area contributed by atoms with Gasteiger partial charge in [-0.15, -0.1) is 0 Å². The Hall–Kier alpha value is -2.48. The van der Waals surface area contributed by atoms with Crippen molar-refractivity contribution in [1.82, 2.24) is 5.32 Å². The summed E-state index contributed by atoms with van der Waals surface area (Å²) >= 11 is 12.3. The summed E-state index contributed by atoms with van der Waals surface area (Å²) in [6.07, 6.45) is 1.27. The van der Waals surface area contributed by atoms with Gasteiger partial charge in [-0.3, -0.25) is 9.10 Å². The van der Waals surface area contributed by atoms with Crippen LogP contribution >= 0.6 is 23.2 Å². The number of anilines is 1. The topological polar surface area (TPSA) is 75.7 Å². The highest BCUT2D eigenvalue weighted by molar-refractivity contribution is 7.92. The summed E-state index contributed by atoms with van der Waals surface area (Å²) in [5.74, 6) is 0.267. The number of hydrogen-bond acceptors (Lipinski definition) is 4. The van der Waals surface area contributed by atoms with Crippen molar-refractivity contribution in [2.24, 2.45) is 0 Å². The van der Waals surface area contributed by atoms with Crippen LogP contribution in [0, 0.1) is 0 Å². The number of rotatable bonds is 9. The highest BCUT2D eigenvalue weighted by atomic mass is 35.5. The first-order valence-corrected chi connectivity index (χ1v) is 12.7. The van der Waals surface area contributed by atoms with Gasteiger partial charge in [-0.05, 0) is 36.1 Å². The van der Waals surface area contributed by atoms with Crippen LogP contribution in [0.3, 0.4) is 0 Å². The predicted octanol–water partition coefficient (Wildman–Crippen LogP) is 4.89. The van der Waals surface area contributed by atoms with Gasteiger partial charge in [-0.1, -0.05) is 66.5 Å². The molecule has 0 fully saturated rings. The second-order valence-electron chi connectivity index (χ2n) is 7.20. The first kappa shape index (κ1) is 24.2. The van der Waals surface area contributed by atoms with E-state index in [2.05, 4.69) is 5.32 Å². The lowest BCUT2D eigenvalue weighted by atomic mass is 10.1. The van der Waals surface area contributed by atoms with E-state index in [0.717, 1.165) is 21.3 Å². The molecule has 0 aliphatic heterocycles. The molecule has 0 aliphatic carbocycles. The Morgan fingerprint density at radius 1 is 1.09 bits per heavy atom. The molecule has 1 N–H and O–H groups in total. The molecule has 0 saturated heterocycles. The average Bonchev–Trinajstić information content (AvgIpc) is 2.76. The van der Waals surface area contributed by atoms with E-state index in [1.54, 1.807) is 13.0 Å². The Bertz CT molecular complexity index is 1210. The molecular formula is C23H24Cl2N2O4S. The molecule has 0 radical (unpaired) electrons. The van der Waals surface area contributed by atoms with E-state index in [0.29, 0.717) is 10.8 Å². The maximum absolute atomic E-state index is 12.9. The lowest BCUT2D eigenvalue weighted by Crippen LogP contribution is -2.50. The van der Waals surface area contributed by atoms with Crippen molar-refractivity contribution in [2.45, 2.75) is 19.4 Å². The zero-order valence-corrected chi connectivity index (χ0v) is 20.0. The van der Waals surface area contributed by atoms with E-state index in [9.17, 15) is 13.2 Å². The van der Waals surface area contributed by atoms with E-state index in [1.807, 2.05) is 42.5 Å². The quantitative estimate of drug-likeness (QED) is 0.429. The molecular weight excluding hydrogens is 471 g/mol. The van der Waals surface area contributed by atoms with Crippen LogP contribution in [0.25, 0.3) is 10.8 Å². The molecule has 9 heteroatoms. The van der Waals surface area contributed by atoms with Crippen LogP contribution in [0.5, 0.6) is 5.75 Å². The monoisotopic (exact) mass is 494 g/mol. The van der Waals surface area contributed by atoms with Gasteiger partial charge in [0.05, 0.1) is 23.5 Å². The molecule has 0 aliphatic rings. The van der Waals surface area contributed by atoms with Gasteiger partial charge in [0, 0.05) is 10.4 Å². The van der Waals surface area contributed by atoms with E-state index in [4.69, 9.17) is 27.9 Å². The Kier molecular flexibility index (Phi) is 7.87. The van der Waals surface area contributed by atoms with Crippen molar-refractivity contribution in [3.63, 3.8) is 0 Å². The summed E-state index contributed by atoms with van der Waals surface area (Å²) in [5.41, 5.74) is 0.163. The number of fused-ring (bicyclic) bond motifs is 1. The van der Waals surface area contributed by atoms with Crippen LogP contribution in [0.15, 0.2) is 60.7 Å². The average molecular weight is 495 g/mol. The van der Waals surface area contributed by atoms with Crippen LogP contribution in [-0.4, -0.2) is 39.8 Å². The summed E-state index contributed by atoms with van der Waals surface area (Å²) < 4.78 is 32.0. The van der Waals surface area contributed by atoms with Gasteiger partial charge in [0.2, 0.25) is 15.9 Å². The van der Waals surface area contributed by atoms with Crippen LogP contribution in [-0.2, 0) is 14.8 Å². The number of halogens is 2. The molecule has 0 heterocycles. The number of amides is 1. The normalized spacial score (nSPS) is 12.4. The minimum atomic E-state index is -3.81. The number of nitrogens with one attached hydrogen (secondary N) is 1. The van der Waals surface area contributed by atoms with Crippen LogP contribution in [0.2, 0.25) is 10.0 Å². The molecule has 0 saturated carbocycles. The molecule has 1 amide bonds. The molecule has 6 nitrogen and oxygen atoms in total. The molecule has 1 unspecified atom stereocenters. The summed E-state index contributed by atoms with van der Waals surface area (Å²) in [6, 6.07) is 17.1. The summed E-state index contributed by atoms with van der Waals surface area (Å²) in [6.45, 7) is 2.17. The van der Waals surface area contributed by atoms with Crippen molar-refractivity contribution in [2.75, 3.05) is 23.7 Å². The number of sulfonamides is 1. The summed E-state index contributed by atoms with van der Waals surface area (Å²) in [5, 5.41) is 5.30. The number of hydrogen-bond donors (Lipinski definition) is 1. The zero-order valence-electron chi connectivity index (χ0n) is 17.7. The van der Waals surface area contributed by atoms with Gasteiger partial charge in [0.25, 0.3) is 0 Å². The van der Waals surface area contributed by atoms with Gasteiger partial charge in [-0.25, -0.2) is 8.42 Å². The summed E-state index contributed by atoms with van der Waals surface area (Å²) in [7, 11) is -3.81. The third-order valence-electron chi connectivity index (χ3n) is 4.88. The number of benzene rings is 3. The van der Waals surface area contributed by atoms with Crippen LogP contribution in [0.4, 0.5) is 5.69 Å². The zero-order chi connectivity index (χ0) is 23.3. The number of ether oxygens (including phenoxy) is 1. The second-order valence-corrected chi connectivity index (χ2v) is 9.90. The maximum atomic E-state index is 12.9. The van der Waals surface area contributed by atoms with E-state index >= 15 is 0 Å². The molecule has 0 aromatic heterocycles. The lowest BCUT2D eigenvalue weighted by Gasteiger charge is -2.30. The number of nitrogens with zero attached hydrogens (tertiary/aromatic N) is 1. The first-order chi connectivity index (χ1) is 15.2. The Balaban J connectivity index is 1.71. The smallest absolute Gasteiger partial charge is 0.244 e. The van der Waals surface area contributed by atoms with E-state index < -0.39 is 22.0 Å². The standard InChI is InChI=1S/C23H24Cl2N2O4S/c1-3-20(27(32(2,29)30)21-15-17(24)11-12-19(21)25)23(28)26-13-14-31-22-10-6-8-16-7-4-5-9-18(16)22/h4-12,15,20H,3,13-14H2,1-2H3,(H,26,28). The number of carbonyl (C=O) groups is 1. The Labute approximate surface area is 198 Å². The first-order valence-electron chi connectivity index (χ1n) is 10.0. The van der Waals surface area contributed by atoms with Gasteiger partial charge in [-0.2, -0.15) is 0 Å². The molecule has 3 aromatic carbocycles. The van der Waals surface area contributed by atoms with Crippen molar-refractivity contribution >= 4 is 55.6 Å². The molecule has 32 heavy (non-hydrogen) atoms. The van der Waals surface area contributed by atoms with Crippen LogP contribution in [0.1, 0.15) is 13.3 Å². The molecule has 1 atom stereocenters. The van der Waals surface area contributed by atoms with Gasteiger partial charge < -0.3 is 10.1 Å². The fourth-order valence-corrected chi connectivity index (χ4v) is 5.11. The van der Waals surface area contributed by atoms with Crippen molar-refractivity contribution in [3.8, 4) is 5.75 Å². The Morgan fingerprint density at radius 3 is 2.53 bits per heavy atom. The second kappa shape index (κ2) is 10.4. The Morgan fingerprint density at radius 2 is 1.81 bits per heavy atom. The van der Waals surface area contributed by atoms with Crippen LogP contribution < -0.4 is 14.4 Å². The minimum Gasteiger partial charge on any atom is -0.491 e. The third-order valence-corrected chi connectivity index (χ3v) is 6.60. The maximum Gasteiger partial charge on any atom is 0.244 e.